The molecule has 13 nitrogen and oxygen atoms in total. The van der Waals surface area contributed by atoms with Crippen molar-refractivity contribution in [1.29, 1.82) is 0 Å². The largest absolute Gasteiger partial charge is 0.491 e. The normalized spacial score (nSPS) is 15.6. The maximum Gasteiger partial charge on any atom is 0.319 e. The lowest BCUT2D eigenvalue weighted by atomic mass is 9.96. The Morgan fingerprint density at radius 2 is 1.98 bits per heavy atom. The van der Waals surface area contributed by atoms with Gasteiger partial charge in [0.05, 0.1) is 23.4 Å². The Morgan fingerprint density at radius 1 is 1.15 bits per heavy atom. The third-order valence-electron chi connectivity index (χ3n) is 6.84. The number of amides is 3. The van der Waals surface area contributed by atoms with E-state index >= 15 is 0 Å². The summed E-state index contributed by atoms with van der Waals surface area (Å²) < 4.78 is 5.87. The van der Waals surface area contributed by atoms with Crippen LogP contribution in [0.25, 0.3) is 5.57 Å². The van der Waals surface area contributed by atoms with Crippen LogP contribution in [0.15, 0.2) is 30.7 Å². The zero-order chi connectivity index (χ0) is 29.0. The van der Waals surface area contributed by atoms with Crippen LogP contribution in [0.4, 0.5) is 27.8 Å². The second-order valence-corrected chi connectivity index (χ2v) is 9.98. The minimum atomic E-state index is -0.907. The second kappa shape index (κ2) is 14.8. The molecule has 0 atom stereocenters. The lowest BCUT2D eigenvalue weighted by molar-refractivity contribution is -0.137. The molecule has 1 saturated carbocycles. The summed E-state index contributed by atoms with van der Waals surface area (Å²) in [4.78, 5) is 44.9. The average Bonchev–Trinajstić information content (AvgIpc) is 3.29. The molecule has 2 heterocycles. The van der Waals surface area contributed by atoms with Crippen LogP contribution < -0.4 is 36.6 Å². The van der Waals surface area contributed by atoms with Crippen LogP contribution >= 0.6 is 0 Å². The summed E-state index contributed by atoms with van der Waals surface area (Å²) in [7, 11) is 1.89. The van der Waals surface area contributed by atoms with Gasteiger partial charge in [0.2, 0.25) is 0 Å². The number of carboxylic acids is 1. The number of hydrogen-bond acceptors (Lipinski definition) is 9. The Hall–Kier alpha value is -4.39. The van der Waals surface area contributed by atoms with E-state index in [1.807, 2.05) is 7.05 Å². The molecule has 0 spiro atoms. The van der Waals surface area contributed by atoms with Gasteiger partial charge in [-0.3, -0.25) is 9.59 Å². The monoisotopic (exact) mass is 566 g/mol. The number of urea groups is 1. The Bertz CT molecular complexity index is 1260. The lowest BCUT2D eigenvalue weighted by Crippen LogP contribution is -2.39. The van der Waals surface area contributed by atoms with Crippen molar-refractivity contribution < 1.29 is 24.2 Å². The van der Waals surface area contributed by atoms with E-state index < -0.39 is 5.97 Å². The molecule has 3 amide bonds. The van der Waals surface area contributed by atoms with Crippen LogP contribution in [0, 0.1) is 0 Å². The van der Waals surface area contributed by atoms with Crippen molar-refractivity contribution in [3.8, 4) is 5.75 Å². The van der Waals surface area contributed by atoms with E-state index in [0.717, 1.165) is 38.6 Å². The molecule has 13 heteroatoms. The quantitative estimate of drug-likeness (QED) is 0.132. The van der Waals surface area contributed by atoms with E-state index in [9.17, 15) is 14.4 Å². The standard InChI is InChI=1S/C28H38N8O5/c1-29-12-6-13-30-25-24-20(27(39)36-26(24)33-17-32-25)16-31-19-10-11-21(22(15-19)41-14-5-9-23(37)38)35-28(40)34-18-7-3-2-4-8-18/h10-11,15-18,29,31H,2-9,12-14H2,1H3,(H,37,38)(H2,34,35,40)(H2,30,32,33,36,39)/b20-16-. The SMILES string of the molecule is CNCCCNc1ncnc2c1/C(=C/Nc1ccc(NC(=O)NC3CCCCC3)c(OCCCC(=O)O)c1)C(=O)N2. The topological polar surface area (TPSA) is 179 Å². The summed E-state index contributed by atoms with van der Waals surface area (Å²) >= 11 is 0. The highest BCUT2D eigenvalue weighted by Crippen LogP contribution is 2.35. The molecular weight excluding hydrogens is 528 g/mol. The molecule has 1 aliphatic carbocycles. The first kappa shape index (κ1) is 29.6. The van der Waals surface area contributed by atoms with E-state index in [0.29, 0.717) is 52.9 Å². The van der Waals surface area contributed by atoms with Gasteiger partial charge in [-0.15, -0.1) is 0 Å². The third-order valence-corrected chi connectivity index (χ3v) is 6.84. The number of carbonyl (C=O) groups excluding carboxylic acids is 2. The van der Waals surface area contributed by atoms with E-state index in [1.54, 1.807) is 24.4 Å². The number of nitrogens with one attached hydrogen (secondary N) is 6. The predicted molar refractivity (Wildman–Crippen MR) is 157 cm³/mol. The van der Waals surface area contributed by atoms with Crippen LogP contribution in [0.1, 0.15) is 56.9 Å². The molecule has 0 unspecified atom stereocenters. The van der Waals surface area contributed by atoms with Gasteiger partial charge in [0.15, 0.2) is 0 Å². The number of hydrogen-bond donors (Lipinski definition) is 7. The summed E-state index contributed by atoms with van der Waals surface area (Å²) in [6, 6.07) is 4.98. The van der Waals surface area contributed by atoms with Gasteiger partial charge >= 0.3 is 12.0 Å². The van der Waals surface area contributed by atoms with Gasteiger partial charge in [0.25, 0.3) is 5.91 Å². The molecule has 1 aliphatic heterocycles. The fourth-order valence-electron chi connectivity index (χ4n) is 4.75. The highest BCUT2D eigenvalue weighted by Gasteiger charge is 2.29. The number of rotatable bonds is 14. The third kappa shape index (κ3) is 8.55. The maximum atomic E-state index is 12.8. The minimum Gasteiger partial charge on any atom is -0.491 e. The highest BCUT2D eigenvalue weighted by atomic mass is 16.5. The summed E-state index contributed by atoms with van der Waals surface area (Å²) in [6.07, 6.45) is 9.44. The molecule has 7 N–H and O–H groups in total. The van der Waals surface area contributed by atoms with Gasteiger partial charge in [0.1, 0.15) is 23.7 Å². The average molecular weight is 567 g/mol. The van der Waals surface area contributed by atoms with Crippen LogP contribution in [0.3, 0.4) is 0 Å². The van der Waals surface area contributed by atoms with Crippen LogP contribution in [0.5, 0.6) is 5.75 Å². The number of aromatic nitrogens is 2. The molecule has 41 heavy (non-hydrogen) atoms. The number of aliphatic carboxylic acids is 1. The van der Waals surface area contributed by atoms with Gasteiger partial charge in [-0.1, -0.05) is 19.3 Å². The first-order valence-corrected chi connectivity index (χ1v) is 14.0. The molecule has 2 aromatic rings. The predicted octanol–water partition coefficient (Wildman–Crippen LogP) is 3.60. The molecule has 4 rings (SSSR count). The van der Waals surface area contributed by atoms with Crippen molar-refractivity contribution in [1.82, 2.24) is 20.6 Å². The molecular formula is C28H38N8O5. The highest BCUT2D eigenvalue weighted by molar-refractivity contribution is 6.32. The Kier molecular flexibility index (Phi) is 10.7. The fraction of sp³-hybridized carbons (Fsp3) is 0.464. The van der Waals surface area contributed by atoms with Crippen molar-refractivity contribution in [3.05, 3.63) is 36.3 Å². The molecule has 0 radical (unpaired) electrons. The van der Waals surface area contributed by atoms with E-state index in [4.69, 9.17) is 9.84 Å². The zero-order valence-corrected chi connectivity index (χ0v) is 23.2. The van der Waals surface area contributed by atoms with Gasteiger partial charge < -0.3 is 41.7 Å². The van der Waals surface area contributed by atoms with E-state index in [1.165, 1.54) is 12.7 Å². The van der Waals surface area contributed by atoms with E-state index in [-0.39, 0.29) is 31.0 Å². The minimum absolute atomic E-state index is 0.0309. The molecule has 220 valence electrons. The smallest absolute Gasteiger partial charge is 0.319 e. The van der Waals surface area contributed by atoms with Crippen LogP contribution in [0.2, 0.25) is 0 Å². The lowest BCUT2D eigenvalue weighted by Gasteiger charge is -2.23. The number of nitrogens with zero attached hydrogens (tertiary/aromatic N) is 2. The number of anilines is 4. The van der Waals surface area contributed by atoms with E-state index in [2.05, 4.69) is 41.9 Å². The second-order valence-electron chi connectivity index (χ2n) is 9.98. The number of carbonyl (C=O) groups is 3. The van der Waals surface area contributed by atoms with Crippen LogP contribution in [-0.2, 0) is 9.59 Å². The fourth-order valence-corrected chi connectivity index (χ4v) is 4.75. The zero-order valence-electron chi connectivity index (χ0n) is 23.2. The number of fused-ring (bicyclic) bond motifs is 1. The Balaban J connectivity index is 1.49. The first-order chi connectivity index (χ1) is 19.9. The van der Waals surface area contributed by atoms with Gasteiger partial charge in [-0.2, -0.15) is 0 Å². The number of carboxylic acid groups (broad SMARTS) is 1. The summed E-state index contributed by atoms with van der Waals surface area (Å²) in [5.74, 6) is 0.151. The van der Waals surface area contributed by atoms with Gasteiger partial charge in [-0.05, 0) is 51.4 Å². The maximum absolute atomic E-state index is 12.8. The molecule has 1 aromatic heterocycles. The van der Waals surface area contributed by atoms with Crippen molar-refractivity contribution >= 4 is 46.5 Å². The van der Waals surface area contributed by atoms with Crippen molar-refractivity contribution in [2.24, 2.45) is 0 Å². The molecule has 1 aromatic carbocycles. The van der Waals surface area contributed by atoms with Crippen molar-refractivity contribution in [2.75, 3.05) is 48.0 Å². The summed E-state index contributed by atoms with van der Waals surface area (Å²) in [5.41, 5.74) is 2.01. The first-order valence-electron chi connectivity index (χ1n) is 14.0. The molecule has 0 saturated heterocycles. The molecule has 2 aliphatic rings. The van der Waals surface area contributed by atoms with Crippen molar-refractivity contribution in [3.63, 3.8) is 0 Å². The molecule has 1 fully saturated rings. The Morgan fingerprint density at radius 3 is 2.76 bits per heavy atom. The summed E-state index contributed by atoms with van der Waals surface area (Å²) in [6.45, 7) is 1.67. The number of ether oxygens (including phenoxy) is 1. The Labute approximate surface area is 238 Å². The van der Waals surface area contributed by atoms with Crippen molar-refractivity contribution in [2.45, 2.75) is 57.4 Å². The molecule has 0 bridgehead atoms. The summed E-state index contributed by atoms with van der Waals surface area (Å²) in [5, 5.41) is 27.1. The van der Waals surface area contributed by atoms with Gasteiger partial charge in [-0.25, -0.2) is 14.8 Å². The van der Waals surface area contributed by atoms with Gasteiger partial charge in [0, 0.05) is 37.0 Å². The van der Waals surface area contributed by atoms with Crippen LogP contribution in [-0.4, -0.2) is 65.8 Å². The number of benzene rings is 1.